The van der Waals surface area contributed by atoms with Crippen LogP contribution in [-0.2, 0) is 27.3 Å². The van der Waals surface area contributed by atoms with Crippen molar-refractivity contribution in [2.24, 2.45) is 5.92 Å². The number of alkyl carbamates (subject to hydrolysis) is 1. The lowest BCUT2D eigenvalue weighted by molar-refractivity contribution is -0.123. The van der Waals surface area contributed by atoms with Crippen molar-refractivity contribution in [1.29, 1.82) is 0 Å². The first-order valence-electron chi connectivity index (χ1n) is 12.7. The first-order valence-corrected chi connectivity index (χ1v) is 12.7. The minimum absolute atomic E-state index is 0.0362. The van der Waals surface area contributed by atoms with E-state index in [9.17, 15) is 19.2 Å². The summed E-state index contributed by atoms with van der Waals surface area (Å²) in [5.41, 5.74) is 2.06. The summed E-state index contributed by atoms with van der Waals surface area (Å²) in [6.07, 6.45) is 5.15. The maximum atomic E-state index is 13.1. The lowest BCUT2D eigenvalue weighted by Crippen LogP contribution is -2.44. The van der Waals surface area contributed by atoms with Crippen molar-refractivity contribution in [3.05, 3.63) is 70.5 Å². The fourth-order valence-electron chi connectivity index (χ4n) is 3.91. The second kappa shape index (κ2) is 13.4. The molecule has 1 aromatic carbocycles. The van der Waals surface area contributed by atoms with Gasteiger partial charge in [-0.05, 0) is 55.0 Å². The number of para-hydroxylation sites is 1. The molecule has 11 nitrogen and oxygen atoms in total. The van der Waals surface area contributed by atoms with Gasteiger partial charge < -0.3 is 29.3 Å². The number of hydrogen-bond donors (Lipinski definition) is 2. The molecule has 1 unspecified atom stereocenters. The number of ether oxygens (including phenoxy) is 1. The van der Waals surface area contributed by atoms with Crippen molar-refractivity contribution >= 4 is 34.7 Å². The van der Waals surface area contributed by atoms with Crippen LogP contribution >= 0.6 is 0 Å². The fraction of sp³-hybridized carbons (Fsp3) is 0.393. The fourth-order valence-corrected chi connectivity index (χ4v) is 3.91. The number of nitrogens with one attached hydrogen (secondary N) is 2. The first-order chi connectivity index (χ1) is 18.6. The van der Waals surface area contributed by atoms with Crippen LogP contribution in [0.2, 0.25) is 0 Å². The van der Waals surface area contributed by atoms with Crippen molar-refractivity contribution in [2.75, 3.05) is 26.5 Å². The van der Waals surface area contributed by atoms with Gasteiger partial charge in [0.2, 0.25) is 17.7 Å². The van der Waals surface area contributed by atoms with Gasteiger partial charge in [-0.25, -0.2) is 9.78 Å². The molecule has 2 heterocycles. The van der Waals surface area contributed by atoms with Gasteiger partial charge in [0.25, 0.3) is 5.56 Å². The van der Waals surface area contributed by atoms with E-state index < -0.39 is 23.6 Å². The first kappa shape index (κ1) is 29.2. The third-order valence-corrected chi connectivity index (χ3v) is 5.87. The Morgan fingerprint density at radius 1 is 1.18 bits per heavy atom. The third kappa shape index (κ3) is 8.03. The number of pyridine rings is 1. The predicted octanol–water partition coefficient (Wildman–Crippen LogP) is 3.32. The molecular weight excluding hydrogens is 502 g/mol. The highest BCUT2D eigenvalue weighted by Gasteiger charge is 2.22. The number of hydrogen-bond acceptors (Lipinski definition) is 7. The highest BCUT2D eigenvalue weighted by Crippen LogP contribution is 2.23. The molecule has 3 amide bonds. The van der Waals surface area contributed by atoms with Crippen LogP contribution < -0.4 is 16.2 Å². The van der Waals surface area contributed by atoms with E-state index in [0.717, 1.165) is 17.5 Å². The average molecular weight is 538 g/mol. The largest absolute Gasteiger partial charge is 0.453 e. The zero-order valence-corrected chi connectivity index (χ0v) is 22.9. The van der Waals surface area contributed by atoms with Gasteiger partial charge in [0, 0.05) is 20.3 Å². The third-order valence-electron chi connectivity index (χ3n) is 5.87. The molecule has 0 aliphatic rings. The molecule has 2 N–H and O–H groups in total. The van der Waals surface area contributed by atoms with Crippen molar-refractivity contribution in [3.8, 4) is 0 Å². The number of benzene rings is 1. The average Bonchev–Trinajstić information content (AvgIpc) is 3.31. The van der Waals surface area contributed by atoms with Crippen LogP contribution in [0.4, 0.5) is 10.5 Å². The Kier molecular flexibility index (Phi) is 10.0. The standard InChI is InChI=1S/C28H35N5O6/c1-18(2)16-19-10-8-12-20-25(19)39-23(29-20)17-33-15-9-13-22(27(33)36)30-26(35)21(31-28(37)38-5)11-6-7-14-24(34)32(3)4/h7-10,12-15,18,21H,6,11,16-17H2,1-5H3,(H,30,35)(H,31,37)/b14-7+. The summed E-state index contributed by atoms with van der Waals surface area (Å²) in [5.74, 6) is 0.0248. The van der Waals surface area contributed by atoms with Gasteiger partial charge in [0.15, 0.2) is 5.58 Å². The number of methoxy groups -OCH3 is 1. The van der Waals surface area contributed by atoms with Crippen LogP contribution in [0, 0.1) is 5.92 Å². The van der Waals surface area contributed by atoms with Crippen molar-refractivity contribution in [3.63, 3.8) is 0 Å². The summed E-state index contributed by atoms with van der Waals surface area (Å²) in [7, 11) is 4.44. The molecule has 208 valence electrons. The summed E-state index contributed by atoms with van der Waals surface area (Å²) in [6, 6.07) is 7.92. The van der Waals surface area contributed by atoms with Gasteiger partial charge in [-0.3, -0.25) is 14.4 Å². The van der Waals surface area contributed by atoms with E-state index in [4.69, 9.17) is 4.42 Å². The lowest BCUT2D eigenvalue weighted by atomic mass is 10.0. The van der Waals surface area contributed by atoms with Crippen LogP contribution in [0.3, 0.4) is 0 Å². The number of rotatable bonds is 11. The maximum Gasteiger partial charge on any atom is 0.407 e. The lowest BCUT2D eigenvalue weighted by Gasteiger charge is -2.17. The zero-order valence-electron chi connectivity index (χ0n) is 22.9. The molecule has 1 atom stereocenters. The summed E-state index contributed by atoms with van der Waals surface area (Å²) in [6.45, 7) is 4.33. The van der Waals surface area contributed by atoms with Gasteiger partial charge >= 0.3 is 6.09 Å². The quantitative estimate of drug-likeness (QED) is 0.358. The zero-order chi connectivity index (χ0) is 28.5. The van der Waals surface area contributed by atoms with E-state index in [1.807, 2.05) is 18.2 Å². The van der Waals surface area contributed by atoms with Crippen LogP contribution in [0.15, 0.2) is 57.9 Å². The number of anilines is 1. The molecule has 0 aliphatic carbocycles. The number of allylic oxidation sites excluding steroid dienone is 1. The van der Waals surface area contributed by atoms with Gasteiger partial charge in [-0.2, -0.15) is 0 Å². The van der Waals surface area contributed by atoms with Crippen LogP contribution in [0.25, 0.3) is 11.1 Å². The molecule has 2 aromatic heterocycles. The molecule has 3 rings (SSSR count). The van der Waals surface area contributed by atoms with Crippen LogP contribution in [0.1, 0.15) is 38.1 Å². The summed E-state index contributed by atoms with van der Waals surface area (Å²) >= 11 is 0. The minimum atomic E-state index is -0.999. The molecule has 3 aromatic rings. The van der Waals surface area contributed by atoms with E-state index >= 15 is 0 Å². The molecule has 0 saturated carbocycles. The molecule has 0 fully saturated rings. The van der Waals surface area contributed by atoms with E-state index in [2.05, 4.69) is 34.2 Å². The van der Waals surface area contributed by atoms with E-state index in [1.54, 1.807) is 32.4 Å². The topological polar surface area (TPSA) is 136 Å². The highest BCUT2D eigenvalue weighted by molar-refractivity contribution is 5.96. The van der Waals surface area contributed by atoms with Crippen molar-refractivity contribution in [2.45, 2.75) is 45.7 Å². The van der Waals surface area contributed by atoms with Gasteiger partial charge in [-0.1, -0.05) is 32.1 Å². The normalized spacial score (nSPS) is 12.1. The number of carbonyl (C=O) groups is 3. The number of aromatic nitrogens is 2. The smallest absolute Gasteiger partial charge is 0.407 e. The van der Waals surface area contributed by atoms with E-state index in [1.165, 1.54) is 28.7 Å². The Morgan fingerprint density at radius 3 is 2.64 bits per heavy atom. The van der Waals surface area contributed by atoms with Gasteiger partial charge in [0.1, 0.15) is 23.8 Å². The van der Waals surface area contributed by atoms with Gasteiger partial charge in [-0.15, -0.1) is 0 Å². The number of likely N-dealkylation sites (N-methyl/N-ethyl adjacent to an activating group) is 1. The Labute approximate surface area is 226 Å². The number of amides is 3. The molecule has 0 radical (unpaired) electrons. The van der Waals surface area contributed by atoms with Crippen molar-refractivity contribution < 1.29 is 23.5 Å². The number of carbonyl (C=O) groups excluding carboxylic acids is 3. The van der Waals surface area contributed by atoms with Crippen molar-refractivity contribution in [1.82, 2.24) is 19.8 Å². The SMILES string of the molecule is COC(=O)NC(CC/C=C/C(=O)N(C)C)C(=O)Nc1cccn(Cc2nc3cccc(CC(C)C)c3o2)c1=O. The van der Waals surface area contributed by atoms with Crippen LogP contribution in [-0.4, -0.2) is 59.6 Å². The summed E-state index contributed by atoms with van der Waals surface area (Å²) in [4.78, 5) is 55.6. The number of oxazole rings is 1. The monoisotopic (exact) mass is 537 g/mol. The molecule has 0 aliphatic heterocycles. The Hall–Kier alpha value is -4.41. The second-order valence-electron chi connectivity index (χ2n) is 9.72. The highest BCUT2D eigenvalue weighted by atomic mass is 16.5. The minimum Gasteiger partial charge on any atom is -0.453 e. The second-order valence-corrected chi connectivity index (χ2v) is 9.72. The molecule has 0 spiro atoms. The number of nitrogens with zero attached hydrogens (tertiary/aromatic N) is 3. The van der Waals surface area contributed by atoms with Gasteiger partial charge in [0.05, 0.1) is 7.11 Å². The Bertz CT molecular complexity index is 1400. The Morgan fingerprint density at radius 2 is 1.95 bits per heavy atom. The molecule has 39 heavy (non-hydrogen) atoms. The van der Waals surface area contributed by atoms with E-state index in [0.29, 0.717) is 23.8 Å². The Balaban J connectivity index is 1.75. The summed E-state index contributed by atoms with van der Waals surface area (Å²) < 4.78 is 12.0. The van der Waals surface area contributed by atoms with Crippen LogP contribution in [0.5, 0.6) is 0 Å². The summed E-state index contributed by atoms with van der Waals surface area (Å²) in [5, 5.41) is 5.07. The van der Waals surface area contributed by atoms with E-state index in [-0.39, 0.29) is 24.6 Å². The molecular formula is C28H35N5O6. The molecule has 0 saturated heterocycles. The maximum absolute atomic E-state index is 13.1. The molecule has 0 bridgehead atoms. The number of fused-ring (bicyclic) bond motifs is 1. The molecule has 11 heteroatoms. The predicted molar refractivity (Wildman–Crippen MR) is 147 cm³/mol.